The van der Waals surface area contributed by atoms with Crippen LogP contribution in [0.2, 0.25) is 0 Å². The summed E-state index contributed by atoms with van der Waals surface area (Å²) >= 11 is 0. The van der Waals surface area contributed by atoms with Crippen molar-refractivity contribution in [1.29, 1.82) is 0 Å². The van der Waals surface area contributed by atoms with Gasteiger partial charge in [0.05, 0.1) is 4.92 Å². The van der Waals surface area contributed by atoms with E-state index in [4.69, 9.17) is 0 Å². The van der Waals surface area contributed by atoms with Crippen molar-refractivity contribution in [3.8, 4) is 0 Å². The Morgan fingerprint density at radius 3 is 2.50 bits per heavy atom. The van der Waals surface area contributed by atoms with Crippen LogP contribution in [0.15, 0.2) is 23.8 Å². The van der Waals surface area contributed by atoms with Gasteiger partial charge in [-0.1, -0.05) is 6.08 Å². The van der Waals surface area contributed by atoms with Gasteiger partial charge in [0, 0.05) is 17.7 Å². The Morgan fingerprint density at radius 2 is 2.07 bits per heavy atom. The minimum atomic E-state index is -4.72. The van der Waals surface area contributed by atoms with Gasteiger partial charge in [-0.2, -0.15) is 17.6 Å². The summed E-state index contributed by atoms with van der Waals surface area (Å²) in [5.41, 5.74) is -1.24. The van der Waals surface area contributed by atoms with Crippen LogP contribution in [0.25, 0.3) is 0 Å². The average Bonchev–Trinajstić information content (AvgIpc) is 2.02. The minimum absolute atomic E-state index is 0.00694. The molecule has 1 aliphatic carbocycles. The van der Waals surface area contributed by atoms with Gasteiger partial charge in [0.2, 0.25) is 0 Å². The Morgan fingerprint density at radius 1 is 1.50 bits per heavy atom. The van der Waals surface area contributed by atoms with E-state index >= 15 is 0 Å². The van der Waals surface area contributed by atoms with E-state index in [-0.39, 0.29) is 6.08 Å². The Labute approximate surface area is 75.9 Å². The zero-order valence-corrected chi connectivity index (χ0v) is 6.71. The summed E-state index contributed by atoms with van der Waals surface area (Å²) < 4.78 is 49.3. The monoisotopic (exact) mass is 211 g/mol. The molecule has 0 radical (unpaired) electrons. The maximum absolute atomic E-state index is 13.1. The van der Waals surface area contributed by atoms with Crippen molar-refractivity contribution in [2.45, 2.75) is 18.4 Å². The van der Waals surface area contributed by atoms with Crippen LogP contribution in [0.3, 0.4) is 0 Å². The molecule has 0 aliphatic heterocycles. The molecule has 1 rings (SSSR count). The molecule has 0 aromatic rings. The Hall–Kier alpha value is -1.40. The van der Waals surface area contributed by atoms with Gasteiger partial charge in [-0.25, -0.2) is 0 Å². The third-order valence-electron chi connectivity index (χ3n) is 1.71. The third kappa shape index (κ3) is 1.91. The molecule has 0 spiro atoms. The number of rotatable bonds is 1. The summed E-state index contributed by atoms with van der Waals surface area (Å²) in [5, 5.41) is 10.1. The summed E-state index contributed by atoms with van der Waals surface area (Å²) in [6.07, 6.45) is -3.97. The molecule has 7 heteroatoms. The number of nitrogens with zero attached hydrogens (tertiary/aromatic N) is 1. The molecule has 0 bridgehead atoms. The largest absolute Gasteiger partial charge is 0.413 e. The van der Waals surface area contributed by atoms with E-state index in [0.29, 0.717) is 6.08 Å². The summed E-state index contributed by atoms with van der Waals surface area (Å²) in [7, 11) is 0. The lowest BCUT2D eigenvalue weighted by Crippen LogP contribution is -2.32. The molecule has 1 aliphatic rings. The van der Waals surface area contributed by atoms with Crippen molar-refractivity contribution in [2.24, 2.45) is 0 Å². The van der Waals surface area contributed by atoms with Crippen LogP contribution in [0, 0.1) is 10.1 Å². The van der Waals surface area contributed by atoms with E-state index in [0.717, 1.165) is 6.08 Å². The lowest BCUT2D eigenvalue weighted by atomic mass is 10.0. The Bertz CT molecular complexity index is 320. The van der Waals surface area contributed by atoms with Gasteiger partial charge in [-0.15, -0.1) is 0 Å². The quantitative estimate of drug-likeness (QED) is 0.220. The van der Waals surface area contributed by atoms with Gasteiger partial charge in [-0.05, 0) is 6.42 Å². The zero-order valence-electron chi connectivity index (χ0n) is 6.71. The average molecular weight is 211 g/mol. The third-order valence-corrected chi connectivity index (χ3v) is 1.71. The first-order chi connectivity index (χ1) is 6.26. The Balaban J connectivity index is 3.05. The van der Waals surface area contributed by atoms with Crippen LogP contribution in [0.5, 0.6) is 0 Å². The van der Waals surface area contributed by atoms with Crippen molar-refractivity contribution in [3.05, 3.63) is 33.9 Å². The molecule has 78 valence electrons. The fraction of sp³-hybridized carbons (Fsp3) is 0.429. The standard InChI is InChI=1S/C7H5F4NO2/c8-6(12(13)14)3-1-2-5(4-6)7(9,10)11/h1,3-4H,2H2. The van der Waals surface area contributed by atoms with Crippen LogP contribution >= 0.6 is 0 Å². The van der Waals surface area contributed by atoms with E-state index in [9.17, 15) is 27.7 Å². The summed E-state index contributed by atoms with van der Waals surface area (Å²) in [5.74, 6) is -3.23. The molecule has 0 heterocycles. The molecule has 0 aromatic heterocycles. The molecule has 14 heavy (non-hydrogen) atoms. The van der Waals surface area contributed by atoms with Gasteiger partial charge < -0.3 is 0 Å². The molecule has 0 aromatic carbocycles. The fourth-order valence-corrected chi connectivity index (χ4v) is 1.01. The number of halogens is 4. The fourth-order valence-electron chi connectivity index (χ4n) is 1.01. The molecule has 0 fully saturated rings. The van der Waals surface area contributed by atoms with E-state index in [1.807, 2.05) is 0 Å². The number of hydrogen-bond acceptors (Lipinski definition) is 2. The second-order valence-corrected chi connectivity index (χ2v) is 2.76. The van der Waals surface area contributed by atoms with Crippen molar-refractivity contribution in [3.63, 3.8) is 0 Å². The lowest BCUT2D eigenvalue weighted by Gasteiger charge is -2.17. The zero-order chi connectivity index (χ0) is 11.0. The molecule has 1 atom stereocenters. The molecular weight excluding hydrogens is 206 g/mol. The molecule has 0 amide bonds. The smallest absolute Gasteiger partial charge is 0.261 e. The van der Waals surface area contributed by atoms with Crippen LogP contribution in [0.1, 0.15) is 6.42 Å². The molecule has 0 saturated heterocycles. The lowest BCUT2D eigenvalue weighted by molar-refractivity contribution is -0.574. The van der Waals surface area contributed by atoms with E-state index in [1.165, 1.54) is 0 Å². The Kier molecular flexibility index (Phi) is 2.34. The van der Waals surface area contributed by atoms with Crippen LogP contribution in [-0.4, -0.2) is 16.9 Å². The maximum atomic E-state index is 13.1. The van der Waals surface area contributed by atoms with Crippen molar-refractivity contribution < 1.29 is 22.5 Å². The second kappa shape index (κ2) is 3.07. The van der Waals surface area contributed by atoms with E-state index in [1.54, 1.807) is 0 Å². The van der Waals surface area contributed by atoms with Gasteiger partial charge >= 0.3 is 12.0 Å². The number of alkyl halides is 4. The first-order valence-electron chi connectivity index (χ1n) is 3.56. The van der Waals surface area contributed by atoms with Crippen LogP contribution in [0.4, 0.5) is 17.6 Å². The van der Waals surface area contributed by atoms with Gasteiger partial charge in [0.25, 0.3) is 0 Å². The van der Waals surface area contributed by atoms with Gasteiger partial charge in [0.15, 0.2) is 0 Å². The highest BCUT2D eigenvalue weighted by molar-refractivity contribution is 5.25. The highest BCUT2D eigenvalue weighted by Gasteiger charge is 2.45. The minimum Gasteiger partial charge on any atom is -0.261 e. The molecular formula is C7H5F4NO2. The number of nitro groups is 1. The predicted octanol–water partition coefficient (Wildman–Crippen LogP) is 2.38. The summed E-state index contributed by atoms with van der Waals surface area (Å²) in [4.78, 5) is 8.71. The second-order valence-electron chi connectivity index (χ2n) is 2.76. The van der Waals surface area contributed by atoms with Gasteiger partial charge in [-0.3, -0.25) is 10.1 Å². The van der Waals surface area contributed by atoms with Crippen molar-refractivity contribution in [2.75, 3.05) is 0 Å². The number of allylic oxidation sites excluding steroid dienone is 2. The first kappa shape index (κ1) is 10.7. The summed E-state index contributed by atoms with van der Waals surface area (Å²) in [6, 6.07) is 0. The maximum Gasteiger partial charge on any atom is 0.413 e. The SMILES string of the molecule is O=[N+]([O-])C1(F)C=CCC(C(F)(F)F)=C1. The van der Waals surface area contributed by atoms with Crippen LogP contribution < -0.4 is 0 Å². The van der Waals surface area contributed by atoms with Gasteiger partial charge in [0.1, 0.15) is 0 Å². The number of hydrogen-bond donors (Lipinski definition) is 0. The van der Waals surface area contributed by atoms with E-state index in [2.05, 4.69) is 0 Å². The highest BCUT2D eigenvalue weighted by atomic mass is 19.4. The van der Waals surface area contributed by atoms with Crippen molar-refractivity contribution in [1.82, 2.24) is 0 Å². The molecule has 0 N–H and O–H groups in total. The topological polar surface area (TPSA) is 43.1 Å². The summed E-state index contributed by atoms with van der Waals surface area (Å²) in [6.45, 7) is 0. The first-order valence-corrected chi connectivity index (χ1v) is 3.56. The van der Waals surface area contributed by atoms with Crippen molar-refractivity contribution >= 4 is 0 Å². The van der Waals surface area contributed by atoms with E-state index < -0.39 is 28.9 Å². The van der Waals surface area contributed by atoms with Crippen LogP contribution in [-0.2, 0) is 0 Å². The molecule has 3 nitrogen and oxygen atoms in total. The predicted molar refractivity (Wildman–Crippen MR) is 38.7 cm³/mol. The normalized spacial score (nSPS) is 27.3. The highest BCUT2D eigenvalue weighted by Crippen LogP contribution is 2.34. The molecule has 0 saturated carbocycles. The molecule has 1 unspecified atom stereocenters.